The number of likely N-dealkylation sites (N-methyl/N-ethyl adjacent to an activating group) is 1. The fraction of sp³-hybridized carbons (Fsp3) is 0.706. The number of hydrogen-bond donors (Lipinski definition) is 1. The van der Waals surface area contributed by atoms with Gasteiger partial charge in [0.2, 0.25) is 5.91 Å². The van der Waals surface area contributed by atoms with E-state index in [1.807, 2.05) is 16.8 Å². The second kappa shape index (κ2) is 6.72. The van der Waals surface area contributed by atoms with Crippen LogP contribution in [0.4, 0.5) is 11.6 Å². The molecular formula is C17H27N5O. The van der Waals surface area contributed by atoms with Crippen molar-refractivity contribution in [2.45, 2.75) is 64.6 Å². The Balaban J connectivity index is 1.93. The van der Waals surface area contributed by atoms with E-state index in [9.17, 15) is 4.79 Å². The zero-order chi connectivity index (χ0) is 16.4. The molecule has 0 unspecified atom stereocenters. The zero-order valence-electron chi connectivity index (χ0n) is 14.4. The van der Waals surface area contributed by atoms with Crippen LogP contribution in [0.1, 0.15) is 51.5 Å². The number of aromatic nitrogens is 2. The SMILES string of the molecule is CCC(CC)Nc1ncnc2c1CN(C1CCC1)C(=O)CN2C. The first-order chi connectivity index (χ1) is 11.1. The first-order valence-electron chi connectivity index (χ1n) is 8.75. The molecule has 0 saturated heterocycles. The predicted octanol–water partition coefficient (Wildman–Crippen LogP) is 2.41. The molecule has 0 bridgehead atoms. The minimum Gasteiger partial charge on any atom is -0.367 e. The normalized spacial score (nSPS) is 18.7. The smallest absolute Gasteiger partial charge is 0.242 e. The number of amides is 1. The molecule has 0 radical (unpaired) electrons. The number of rotatable bonds is 5. The number of hydrogen-bond acceptors (Lipinski definition) is 5. The molecule has 2 aliphatic rings. The largest absolute Gasteiger partial charge is 0.367 e. The van der Waals surface area contributed by atoms with Crippen LogP contribution in [0.2, 0.25) is 0 Å². The van der Waals surface area contributed by atoms with Crippen molar-refractivity contribution in [3.63, 3.8) is 0 Å². The van der Waals surface area contributed by atoms with Crippen LogP contribution in [0.3, 0.4) is 0 Å². The number of fused-ring (bicyclic) bond motifs is 1. The first-order valence-corrected chi connectivity index (χ1v) is 8.75. The molecule has 1 saturated carbocycles. The molecule has 1 amide bonds. The second-order valence-corrected chi connectivity index (χ2v) is 6.64. The van der Waals surface area contributed by atoms with Crippen LogP contribution in [0.15, 0.2) is 6.33 Å². The highest BCUT2D eigenvalue weighted by Gasteiger charge is 2.34. The third-order valence-electron chi connectivity index (χ3n) is 5.15. The van der Waals surface area contributed by atoms with Gasteiger partial charge in [0.05, 0.1) is 18.7 Å². The van der Waals surface area contributed by atoms with E-state index in [2.05, 4.69) is 29.1 Å². The quantitative estimate of drug-likeness (QED) is 0.903. The van der Waals surface area contributed by atoms with Crippen LogP contribution < -0.4 is 10.2 Å². The Bertz CT molecular complexity index is 568. The van der Waals surface area contributed by atoms with Crippen LogP contribution in [-0.4, -0.2) is 46.5 Å². The lowest BCUT2D eigenvalue weighted by Gasteiger charge is -2.37. The van der Waals surface area contributed by atoms with Crippen LogP contribution in [-0.2, 0) is 11.3 Å². The lowest BCUT2D eigenvalue weighted by Crippen LogP contribution is -2.45. The summed E-state index contributed by atoms with van der Waals surface area (Å²) in [6, 6.07) is 0.790. The van der Waals surface area contributed by atoms with E-state index in [4.69, 9.17) is 0 Å². The minimum absolute atomic E-state index is 0.198. The molecule has 1 aromatic rings. The van der Waals surface area contributed by atoms with Crippen LogP contribution in [0.5, 0.6) is 0 Å². The van der Waals surface area contributed by atoms with Crippen molar-refractivity contribution in [3.8, 4) is 0 Å². The maximum Gasteiger partial charge on any atom is 0.242 e. The number of carbonyl (C=O) groups is 1. The summed E-state index contributed by atoms with van der Waals surface area (Å²) >= 11 is 0. The molecule has 1 aliphatic heterocycles. The molecule has 1 fully saturated rings. The van der Waals surface area contributed by atoms with Crippen molar-refractivity contribution in [1.82, 2.24) is 14.9 Å². The zero-order valence-corrected chi connectivity index (χ0v) is 14.4. The van der Waals surface area contributed by atoms with Gasteiger partial charge in [0.15, 0.2) is 0 Å². The van der Waals surface area contributed by atoms with Gasteiger partial charge < -0.3 is 15.1 Å². The summed E-state index contributed by atoms with van der Waals surface area (Å²) in [6.45, 7) is 5.37. The molecule has 1 aromatic heterocycles. The van der Waals surface area contributed by atoms with Gasteiger partial charge in [-0.25, -0.2) is 9.97 Å². The number of anilines is 2. The highest BCUT2D eigenvalue weighted by atomic mass is 16.2. The summed E-state index contributed by atoms with van der Waals surface area (Å²) in [5.74, 6) is 1.96. The van der Waals surface area contributed by atoms with Crippen LogP contribution in [0.25, 0.3) is 0 Å². The van der Waals surface area contributed by atoms with Crippen molar-refractivity contribution in [2.24, 2.45) is 0 Å². The Kier molecular flexibility index (Phi) is 4.68. The molecule has 6 heteroatoms. The van der Waals surface area contributed by atoms with E-state index in [0.717, 1.165) is 42.9 Å². The van der Waals surface area contributed by atoms with Crippen LogP contribution in [0, 0.1) is 0 Å². The highest BCUT2D eigenvalue weighted by Crippen LogP contribution is 2.33. The monoisotopic (exact) mass is 317 g/mol. The number of nitrogens with zero attached hydrogens (tertiary/aromatic N) is 4. The third-order valence-corrected chi connectivity index (χ3v) is 5.15. The maximum absolute atomic E-state index is 12.6. The minimum atomic E-state index is 0.198. The Morgan fingerprint density at radius 3 is 2.61 bits per heavy atom. The topological polar surface area (TPSA) is 61.4 Å². The Labute approximate surface area is 138 Å². The van der Waals surface area contributed by atoms with Gasteiger partial charge in [-0.05, 0) is 32.1 Å². The predicted molar refractivity (Wildman–Crippen MR) is 91.5 cm³/mol. The van der Waals surface area contributed by atoms with Gasteiger partial charge in [-0.2, -0.15) is 0 Å². The van der Waals surface area contributed by atoms with E-state index < -0.39 is 0 Å². The van der Waals surface area contributed by atoms with Gasteiger partial charge in [-0.15, -0.1) is 0 Å². The Morgan fingerprint density at radius 2 is 2.00 bits per heavy atom. The van der Waals surface area contributed by atoms with Crippen molar-refractivity contribution in [3.05, 3.63) is 11.9 Å². The summed E-state index contributed by atoms with van der Waals surface area (Å²) in [5, 5.41) is 3.55. The van der Waals surface area contributed by atoms with Crippen LogP contribution >= 0.6 is 0 Å². The summed E-state index contributed by atoms with van der Waals surface area (Å²) in [4.78, 5) is 25.5. The van der Waals surface area contributed by atoms with Gasteiger partial charge >= 0.3 is 0 Å². The van der Waals surface area contributed by atoms with Crippen molar-refractivity contribution >= 4 is 17.5 Å². The average molecular weight is 317 g/mol. The lowest BCUT2D eigenvalue weighted by atomic mass is 9.91. The average Bonchev–Trinajstić information content (AvgIpc) is 2.62. The fourth-order valence-corrected chi connectivity index (χ4v) is 3.35. The summed E-state index contributed by atoms with van der Waals surface area (Å²) < 4.78 is 0. The summed E-state index contributed by atoms with van der Waals surface area (Å²) in [7, 11) is 1.94. The molecule has 0 spiro atoms. The molecule has 0 atom stereocenters. The number of carbonyl (C=O) groups excluding carboxylic acids is 1. The second-order valence-electron chi connectivity index (χ2n) is 6.64. The van der Waals surface area contributed by atoms with E-state index in [0.29, 0.717) is 25.2 Å². The maximum atomic E-state index is 12.6. The Hall–Kier alpha value is -1.85. The van der Waals surface area contributed by atoms with Gasteiger partial charge in [-0.1, -0.05) is 13.8 Å². The lowest BCUT2D eigenvalue weighted by molar-refractivity contribution is -0.134. The van der Waals surface area contributed by atoms with Gasteiger partial charge in [0, 0.05) is 19.1 Å². The van der Waals surface area contributed by atoms with Crippen molar-refractivity contribution < 1.29 is 4.79 Å². The molecule has 1 N–H and O–H groups in total. The van der Waals surface area contributed by atoms with E-state index in [1.54, 1.807) is 6.33 Å². The van der Waals surface area contributed by atoms with Crippen molar-refractivity contribution in [1.29, 1.82) is 0 Å². The molecule has 6 nitrogen and oxygen atoms in total. The summed E-state index contributed by atoms with van der Waals surface area (Å²) in [5.41, 5.74) is 1.06. The molecule has 126 valence electrons. The van der Waals surface area contributed by atoms with Gasteiger partial charge in [0.1, 0.15) is 18.0 Å². The number of nitrogens with one attached hydrogen (secondary N) is 1. The van der Waals surface area contributed by atoms with Gasteiger partial charge in [-0.3, -0.25) is 4.79 Å². The third kappa shape index (κ3) is 3.12. The molecule has 1 aliphatic carbocycles. The first kappa shape index (κ1) is 16.0. The molecule has 23 heavy (non-hydrogen) atoms. The van der Waals surface area contributed by atoms with E-state index in [1.165, 1.54) is 6.42 Å². The fourth-order valence-electron chi connectivity index (χ4n) is 3.35. The standard InChI is InChI=1S/C17H27N5O/c1-4-12(5-2)20-16-14-9-22(13-7-6-8-13)15(23)10-21(3)17(14)19-11-18-16/h11-13H,4-10H2,1-3H3,(H,18,19,20). The van der Waals surface area contributed by atoms with Gasteiger partial charge in [0.25, 0.3) is 0 Å². The van der Waals surface area contributed by atoms with E-state index >= 15 is 0 Å². The highest BCUT2D eigenvalue weighted by molar-refractivity contribution is 5.84. The molecule has 3 rings (SSSR count). The van der Waals surface area contributed by atoms with E-state index in [-0.39, 0.29) is 5.91 Å². The van der Waals surface area contributed by atoms with Crippen molar-refractivity contribution in [2.75, 3.05) is 23.8 Å². The summed E-state index contributed by atoms with van der Waals surface area (Å²) in [6.07, 6.45) is 7.17. The Morgan fingerprint density at radius 1 is 1.26 bits per heavy atom. The molecule has 0 aromatic carbocycles. The molecule has 2 heterocycles. The molecular weight excluding hydrogens is 290 g/mol.